The first-order valence-corrected chi connectivity index (χ1v) is 7.98. The van der Waals surface area contributed by atoms with E-state index in [0.717, 1.165) is 0 Å². The number of rotatable bonds is 3. The summed E-state index contributed by atoms with van der Waals surface area (Å²) in [4.78, 5) is 2.08. The minimum Gasteiger partial charge on any atom is -0.451 e. The molecule has 0 amide bonds. The third-order valence-electron chi connectivity index (χ3n) is 3.40. The number of nitrogens with zero attached hydrogens (tertiary/aromatic N) is 4. The molecule has 1 fully saturated rings. The van der Waals surface area contributed by atoms with Gasteiger partial charge in [-0.15, -0.1) is 10.2 Å². The van der Waals surface area contributed by atoms with Crippen molar-refractivity contribution in [3.05, 3.63) is 18.2 Å². The van der Waals surface area contributed by atoms with Crippen LogP contribution in [-0.2, 0) is 10.0 Å². The van der Waals surface area contributed by atoms with E-state index in [1.165, 1.54) is 16.6 Å². The number of hydrogen-bond donors (Lipinski definition) is 0. The summed E-state index contributed by atoms with van der Waals surface area (Å²) < 4.78 is 36.9. The summed E-state index contributed by atoms with van der Waals surface area (Å²) in [6.07, 6.45) is 1.32. The fourth-order valence-electron chi connectivity index (χ4n) is 2.13. The third kappa shape index (κ3) is 2.71. The standard InChI is InChI=1S/C12H16N4O4S/c1-9-13-14-12(20-9)10-7-11(19-8-10)21(17,18)16-5-3-15(2)4-6-16/h7-8H,3-6H2,1-2H3. The zero-order valence-corrected chi connectivity index (χ0v) is 12.6. The van der Waals surface area contributed by atoms with Gasteiger partial charge in [-0.1, -0.05) is 0 Å². The molecule has 9 heteroatoms. The molecule has 1 aliphatic rings. The van der Waals surface area contributed by atoms with Gasteiger partial charge in [-0.05, 0) is 7.05 Å². The molecule has 0 unspecified atom stereocenters. The van der Waals surface area contributed by atoms with Crippen LogP contribution >= 0.6 is 0 Å². The van der Waals surface area contributed by atoms with Crippen molar-refractivity contribution in [3.63, 3.8) is 0 Å². The molecule has 0 atom stereocenters. The summed E-state index contributed by atoms with van der Waals surface area (Å²) in [6.45, 7) is 3.98. The lowest BCUT2D eigenvalue weighted by Crippen LogP contribution is -2.46. The molecule has 114 valence electrons. The molecule has 0 bridgehead atoms. The summed E-state index contributed by atoms with van der Waals surface area (Å²) in [7, 11) is -1.65. The Balaban J connectivity index is 1.85. The first-order valence-electron chi connectivity index (χ1n) is 6.54. The maximum Gasteiger partial charge on any atom is 0.276 e. The monoisotopic (exact) mass is 312 g/mol. The van der Waals surface area contributed by atoms with Crippen LogP contribution in [0.5, 0.6) is 0 Å². The number of piperazine rings is 1. The van der Waals surface area contributed by atoms with Gasteiger partial charge >= 0.3 is 0 Å². The number of hydrogen-bond acceptors (Lipinski definition) is 7. The SMILES string of the molecule is Cc1nnc(-c2coc(S(=O)(=O)N3CCN(C)CC3)c2)o1. The highest BCUT2D eigenvalue weighted by Crippen LogP contribution is 2.25. The average molecular weight is 312 g/mol. The molecule has 1 aliphatic heterocycles. The van der Waals surface area contributed by atoms with Crippen LogP contribution in [0.4, 0.5) is 0 Å². The zero-order valence-electron chi connectivity index (χ0n) is 11.8. The van der Waals surface area contributed by atoms with Crippen molar-refractivity contribution in [3.8, 4) is 11.5 Å². The smallest absolute Gasteiger partial charge is 0.276 e. The van der Waals surface area contributed by atoms with E-state index in [9.17, 15) is 8.42 Å². The van der Waals surface area contributed by atoms with Crippen LogP contribution in [0.25, 0.3) is 11.5 Å². The second-order valence-electron chi connectivity index (χ2n) is 4.99. The van der Waals surface area contributed by atoms with Gasteiger partial charge < -0.3 is 13.7 Å². The van der Waals surface area contributed by atoms with Crippen LogP contribution in [0.1, 0.15) is 5.89 Å². The van der Waals surface area contributed by atoms with E-state index in [1.54, 1.807) is 6.92 Å². The first kappa shape index (κ1) is 14.2. The Morgan fingerprint density at radius 3 is 2.52 bits per heavy atom. The first-order chi connectivity index (χ1) is 9.96. The molecule has 0 saturated carbocycles. The lowest BCUT2D eigenvalue weighted by atomic mass is 10.3. The molecule has 0 spiro atoms. The fourth-order valence-corrected chi connectivity index (χ4v) is 3.48. The van der Waals surface area contributed by atoms with Gasteiger partial charge in [0, 0.05) is 39.2 Å². The summed E-state index contributed by atoms with van der Waals surface area (Å²) in [5.74, 6) is 0.658. The van der Waals surface area contributed by atoms with Gasteiger partial charge in [0.2, 0.25) is 11.0 Å². The van der Waals surface area contributed by atoms with Gasteiger partial charge in [0.15, 0.2) is 0 Å². The summed E-state index contributed by atoms with van der Waals surface area (Å²) in [6, 6.07) is 1.42. The van der Waals surface area contributed by atoms with Gasteiger partial charge in [0.25, 0.3) is 15.9 Å². The molecule has 0 aromatic carbocycles. The molecule has 0 radical (unpaired) electrons. The molecule has 3 heterocycles. The Morgan fingerprint density at radius 2 is 1.90 bits per heavy atom. The quantitative estimate of drug-likeness (QED) is 0.818. The molecule has 3 rings (SSSR count). The van der Waals surface area contributed by atoms with Crippen LogP contribution in [0.3, 0.4) is 0 Å². The Kier molecular flexibility index (Phi) is 3.56. The van der Waals surface area contributed by atoms with Gasteiger partial charge in [-0.25, -0.2) is 8.42 Å². The van der Waals surface area contributed by atoms with Crippen molar-refractivity contribution in [1.82, 2.24) is 19.4 Å². The highest BCUT2D eigenvalue weighted by molar-refractivity contribution is 7.89. The van der Waals surface area contributed by atoms with E-state index in [-0.39, 0.29) is 11.0 Å². The van der Waals surface area contributed by atoms with Crippen LogP contribution in [0.2, 0.25) is 0 Å². The molecule has 2 aromatic rings. The summed E-state index contributed by atoms with van der Waals surface area (Å²) in [5, 5.41) is 7.45. The number of aryl methyl sites for hydroxylation is 1. The molecular weight excluding hydrogens is 296 g/mol. The minimum atomic E-state index is -3.62. The zero-order chi connectivity index (χ0) is 15.0. The van der Waals surface area contributed by atoms with Crippen LogP contribution in [-0.4, -0.2) is 61.0 Å². The second kappa shape index (κ2) is 5.24. The maximum atomic E-state index is 12.5. The van der Waals surface area contributed by atoms with E-state index in [4.69, 9.17) is 8.83 Å². The molecule has 8 nitrogen and oxygen atoms in total. The van der Waals surface area contributed by atoms with Crippen molar-refractivity contribution < 1.29 is 17.3 Å². The lowest BCUT2D eigenvalue weighted by molar-refractivity contribution is 0.219. The van der Waals surface area contributed by atoms with Gasteiger partial charge in [-0.2, -0.15) is 4.31 Å². The third-order valence-corrected chi connectivity index (χ3v) is 5.17. The molecular formula is C12H16N4O4S. The minimum absolute atomic E-state index is 0.0992. The van der Waals surface area contributed by atoms with Crippen molar-refractivity contribution in [2.75, 3.05) is 33.2 Å². The topological polar surface area (TPSA) is 92.7 Å². The molecule has 1 saturated heterocycles. The second-order valence-corrected chi connectivity index (χ2v) is 6.86. The Bertz CT molecular complexity index is 728. The van der Waals surface area contributed by atoms with E-state index in [0.29, 0.717) is 37.6 Å². The predicted octanol–water partition coefficient (Wildman–Crippen LogP) is 0.574. The molecule has 2 aromatic heterocycles. The Labute approximate surface area is 122 Å². The van der Waals surface area contributed by atoms with Crippen molar-refractivity contribution in [1.29, 1.82) is 0 Å². The van der Waals surface area contributed by atoms with Crippen LogP contribution in [0, 0.1) is 6.92 Å². The van der Waals surface area contributed by atoms with E-state index in [1.807, 2.05) is 7.05 Å². The van der Waals surface area contributed by atoms with Crippen molar-refractivity contribution in [2.45, 2.75) is 12.0 Å². The summed E-state index contributed by atoms with van der Waals surface area (Å²) in [5.41, 5.74) is 0.461. The largest absolute Gasteiger partial charge is 0.451 e. The number of likely N-dealkylation sites (N-methyl/N-ethyl adjacent to an activating group) is 1. The van der Waals surface area contributed by atoms with Crippen molar-refractivity contribution >= 4 is 10.0 Å². The molecule has 0 N–H and O–H groups in total. The Morgan fingerprint density at radius 1 is 1.19 bits per heavy atom. The van der Waals surface area contributed by atoms with Crippen LogP contribution in [0.15, 0.2) is 26.3 Å². The predicted molar refractivity (Wildman–Crippen MR) is 73.0 cm³/mol. The number of aromatic nitrogens is 2. The van der Waals surface area contributed by atoms with Crippen molar-refractivity contribution in [2.24, 2.45) is 0 Å². The van der Waals surface area contributed by atoms with E-state index < -0.39 is 10.0 Å². The van der Waals surface area contributed by atoms with E-state index in [2.05, 4.69) is 15.1 Å². The highest BCUT2D eigenvalue weighted by atomic mass is 32.2. The fraction of sp³-hybridized carbons (Fsp3) is 0.500. The molecule has 21 heavy (non-hydrogen) atoms. The van der Waals surface area contributed by atoms with Gasteiger partial charge in [0.1, 0.15) is 6.26 Å². The number of furan rings is 1. The van der Waals surface area contributed by atoms with E-state index >= 15 is 0 Å². The average Bonchev–Trinajstić information content (AvgIpc) is 3.08. The maximum absolute atomic E-state index is 12.5. The molecule has 0 aliphatic carbocycles. The lowest BCUT2D eigenvalue weighted by Gasteiger charge is -2.30. The Hall–Kier alpha value is -1.71. The van der Waals surface area contributed by atoms with Crippen LogP contribution < -0.4 is 0 Å². The summed E-state index contributed by atoms with van der Waals surface area (Å²) >= 11 is 0. The van der Waals surface area contributed by atoms with Gasteiger partial charge in [-0.3, -0.25) is 0 Å². The highest BCUT2D eigenvalue weighted by Gasteiger charge is 2.30. The number of sulfonamides is 1. The van der Waals surface area contributed by atoms with Gasteiger partial charge in [0.05, 0.1) is 5.56 Å². The normalized spacial score (nSPS) is 18.2.